The van der Waals surface area contributed by atoms with Gasteiger partial charge in [0.1, 0.15) is 0 Å². The highest BCUT2D eigenvalue weighted by Gasteiger charge is 2.09. The quantitative estimate of drug-likeness (QED) is 0.653. The molecule has 0 saturated heterocycles. The highest BCUT2D eigenvalue weighted by atomic mass is 32.1. The van der Waals surface area contributed by atoms with Crippen molar-refractivity contribution < 1.29 is 14.3 Å². The number of thiophene rings is 1. The van der Waals surface area contributed by atoms with Crippen molar-refractivity contribution >= 4 is 23.4 Å². The van der Waals surface area contributed by atoms with Gasteiger partial charge >= 0.3 is 5.97 Å². The minimum Gasteiger partial charge on any atom is -0.476 e. The van der Waals surface area contributed by atoms with E-state index in [2.05, 4.69) is 0 Å². The van der Waals surface area contributed by atoms with Gasteiger partial charge in [0.2, 0.25) is 5.83 Å². The minimum absolute atomic E-state index is 0.125. The van der Waals surface area contributed by atoms with Crippen LogP contribution in [0.1, 0.15) is 27.8 Å². The summed E-state index contributed by atoms with van der Waals surface area (Å²) in [5.41, 5.74) is 2.33. The van der Waals surface area contributed by atoms with Gasteiger partial charge in [-0.3, -0.25) is 0 Å². The van der Waals surface area contributed by atoms with Crippen molar-refractivity contribution in [1.29, 1.82) is 0 Å². The lowest BCUT2D eigenvalue weighted by molar-refractivity contribution is -0.134. The molecule has 1 aromatic heterocycles. The predicted octanol–water partition coefficient (Wildman–Crippen LogP) is 4.01. The molecular weight excluding hydrogens is 239 g/mol. The number of hydrogen-bond donors (Lipinski definition) is 1. The van der Waals surface area contributed by atoms with Crippen molar-refractivity contribution in [2.75, 3.05) is 0 Å². The van der Waals surface area contributed by atoms with Crippen molar-refractivity contribution in [3.63, 3.8) is 0 Å². The summed E-state index contributed by atoms with van der Waals surface area (Å²) >= 11 is 1.68. The Kier molecular flexibility index (Phi) is 4.23. The summed E-state index contributed by atoms with van der Waals surface area (Å²) < 4.78 is 13.1. The van der Waals surface area contributed by atoms with Gasteiger partial charge < -0.3 is 5.11 Å². The Bertz CT molecular complexity index is 510. The number of halogens is 1. The topological polar surface area (TPSA) is 37.3 Å². The van der Waals surface area contributed by atoms with E-state index < -0.39 is 11.8 Å². The van der Waals surface area contributed by atoms with Crippen molar-refractivity contribution in [2.45, 2.75) is 27.7 Å². The van der Waals surface area contributed by atoms with Crippen molar-refractivity contribution in [2.24, 2.45) is 0 Å². The highest BCUT2D eigenvalue weighted by Crippen LogP contribution is 2.28. The molecule has 0 fully saturated rings. The Hall–Kier alpha value is -1.42. The standard InChI is InChI=1S/C13H15FO2S/c1-7(12(14)13(15)16)5-6-11-8(2)9(3)17-10(11)4/h5-6H,1-4H3,(H,15,16). The molecule has 0 spiro atoms. The predicted molar refractivity (Wildman–Crippen MR) is 69.0 cm³/mol. The second kappa shape index (κ2) is 5.27. The summed E-state index contributed by atoms with van der Waals surface area (Å²) in [6, 6.07) is 0. The summed E-state index contributed by atoms with van der Waals surface area (Å²) in [7, 11) is 0. The van der Waals surface area contributed by atoms with Gasteiger partial charge in [-0.15, -0.1) is 11.3 Å². The molecule has 4 heteroatoms. The number of carbonyl (C=O) groups is 1. The van der Waals surface area contributed by atoms with E-state index in [0.717, 1.165) is 16.0 Å². The zero-order valence-electron chi connectivity index (χ0n) is 10.3. The number of aryl methyl sites for hydroxylation is 2. The van der Waals surface area contributed by atoms with Crippen LogP contribution >= 0.6 is 11.3 Å². The van der Waals surface area contributed by atoms with E-state index in [4.69, 9.17) is 5.11 Å². The molecule has 0 unspecified atom stereocenters. The van der Waals surface area contributed by atoms with Crippen LogP contribution in [0.25, 0.3) is 6.08 Å². The molecule has 0 bridgehead atoms. The van der Waals surface area contributed by atoms with Gasteiger partial charge in [-0.25, -0.2) is 4.79 Å². The van der Waals surface area contributed by atoms with Gasteiger partial charge in [0, 0.05) is 9.75 Å². The Morgan fingerprint density at radius 2 is 1.88 bits per heavy atom. The molecule has 0 aliphatic rings. The van der Waals surface area contributed by atoms with Crippen LogP contribution in [0.3, 0.4) is 0 Å². The Balaban J connectivity index is 3.07. The molecule has 0 atom stereocenters. The molecule has 92 valence electrons. The number of carboxylic acid groups (broad SMARTS) is 1. The lowest BCUT2D eigenvalue weighted by atomic mass is 10.1. The van der Waals surface area contributed by atoms with Crippen LogP contribution in [0.4, 0.5) is 4.39 Å². The van der Waals surface area contributed by atoms with E-state index in [1.165, 1.54) is 17.9 Å². The van der Waals surface area contributed by atoms with Crippen LogP contribution in [-0.2, 0) is 4.79 Å². The minimum atomic E-state index is -1.53. The van der Waals surface area contributed by atoms with E-state index in [0.29, 0.717) is 0 Å². The van der Waals surface area contributed by atoms with Crippen LogP contribution in [0.2, 0.25) is 0 Å². The third-order valence-electron chi connectivity index (χ3n) is 2.65. The fourth-order valence-corrected chi connectivity index (χ4v) is 2.56. The molecule has 1 rings (SSSR count). The zero-order chi connectivity index (χ0) is 13.2. The molecular formula is C13H15FO2S. The maximum absolute atomic E-state index is 13.1. The van der Waals surface area contributed by atoms with Crippen LogP contribution in [-0.4, -0.2) is 11.1 Å². The monoisotopic (exact) mass is 254 g/mol. The molecule has 1 N–H and O–H groups in total. The van der Waals surface area contributed by atoms with E-state index in [9.17, 15) is 9.18 Å². The van der Waals surface area contributed by atoms with E-state index in [1.54, 1.807) is 17.4 Å². The van der Waals surface area contributed by atoms with Gasteiger partial charge in [0.05, 0.1) is 0 Å². The summed E-state index contributed by atoms with van der Waals surface area (Å²) in [5, 5.41) is 8.50. The van der Waals surface area contributed by atoms with Crippen LogP contribution in [0, 0.1) is 20.8 Å². The van der Waals surface area contributed by atoms with E-state index in [-0.39, 0.29) is 5.57 Å². The average molecular weight is 254 g/mol. The van der Waals surface area contributed by atoms with Gasteiger partial charge in [0.25, 0.3) is 0 Å². The smallest absolute Gasteiger partial charge is 0.365 e. The summed E-state index contributed by atoms with van der Waals surface area (Å²) in [6.07, 6.45) is 3.27. The fraction of sp³-hybridized carbons (Fsp3) is 0.308. The van der Waals surface area contributed by atoms with E-state index in [1.807, 2.05) is 20.8 Å². The first kappa shape index (κ1) is 13.6. The normalized spacial score (nSPS) is 13.0. The molecule has 0 aliphatic heterocycles. The van der Waals surface area contributed by atoms with E-state index >= 15 is 0 Å². The average Bonchev–Trinajstić information content (AvgIpc) is 2.49. The second-order valence-electron chi connectivity index (χ2n) is 3.89. The molecule has 1 heterocycles. The lowest BCUT2D eigenvalue weighted by Gasteiger charge is -1.96. The largest absolute Gasteiger partial charge is 0.476 e. The molecule has 0 saturated carbocycles. The maximum Gasteiger partial charge on any atom is 0.365 e. The number of aliphatic carboxylic acids is 1. The molecule has 1 aromatic rings. The van der Waals surface area contributed by atoms with Gasteiger partial charge in [0.15, 0.2) is 0 Å². The second-order valence-corrected chi connectivity index (χ2v) is 5.32. The summed E-state index contributed by atoms with van der Waals surface area (Å²) in [5.74, 6) is -2.63. The molecule has 0 aromatic carbocycles. The number of allylic oxidation sites excluding steroid dienone is 2. The number of carboxylic acids is 1. The van der Waals surface area contributed by atoms with Gasteiger partial charge in [-0.2, -0.15) is 4.39 Å². The van der Waals surface area contributed by atoms with Crippen molar-refractivity contribution in [3.05, 3.63) is 38.4 Å². The summed E-state index contributed by atoms with van der Waals surface area (Å²) in [4.78, 5) is 12.8. The van der Waals surface area contributed by atoms with Crippen LogP contribution in [0.5, 0.6) is 0 Å². The number of rotatable bonds is 3. The highest BCUT2D eigenvalue weighted by molar-refractivity contribution is 7.12. The summed E-state index contributed by atoms with van der Waals surface area (Å²) in [6.45, 7) is 7.48. The maximum atomic E-state index is 13.1. The zero-order valence-corrected chi connectivity index (χ0v) is 11.1. The van der Waals surface area contributed by atoms with Gasteiger partial charge in [-0.1, -0.05) is 12.2 Å². The number of hydrogen-bond acceptors (Lipinski definition) is 2. The molecule has 0 radical (unpaired) electrons. The SMILES string of the molecule is CC(C=Cc1c(C)sc(C)c1C)=C(F)C(=O)O. The third kappa shape index (κ3) is 3.03. The Labute approximate surface area is 104 Å². The third-order valence-corrected chi connectivity index (χ3v) is 3.79. The molecule has 17 heavy (non-hydrogen) atoms. The first-order chi connectivity index (χ1) is 7.84. The Morgan fingerprint density at radius 3 is 2.29 bits per heavy atom. The van der Waals surface area contributed by atoms with Crippen molar-refractivity contribution in [3.8, 4) is 0 Å². The lowest BCUT2D eigenvalue weighted by Crippen LogP contribution is -1.96. The molecule has 0 aliphatic carbocycles. The first-order valence-electron chi connectivity index (χ1n) is 5.19. The molecule has 2 nitrogen and oxygen atoms in total. The molecule has 0 amide bonds. The fourth-order valence-electron chi connectivity index (χ4n) is 1.51. The Morgan fingerprint density at radius 1 is 1.29 bits per heavy atom. The van der Waals surface area contributed by atoms with Crippen LogP contribution < -0.4 is 0 Å². The van der Waals surface area contributed by atoms with Crippen molar-refractivity contribution in [1.82, 2.24) is 0 Å². The first-order valence-corrected chi connectivity index (χ1v) is 6.00. The van der Waals surface area contributed by atoms with Crippen LogP contribution in [0.15, 0.2) is 17.5 Å². The van der Waals surface area contributed by atoms with Gasteiger partial charge in [-0.05, 0) is 44.4 Å².